The first kappa shape index (κ1) is 38.1. The molecule has 0 spiro atoms. The zero-order chi connectivity index (χ0) is 32.0. The number of rotatable bonds is 4. The number of carboxylic acid groups (broad SMARTS) is 3. The van der Waals surface area contributed by atoms with Gasteiger partial charge in [-0.25, -0.2) is 9.97 Å². The predicted octanol–water partition coefficient (Wildman–Crippen LogP) is 1.78. The molecule has 0 radical (unpaired) electrons. The first-order valence-corrected chi connectivity index (χ1v) is 12.3. The Balaban J connectivity index is 0.00000116. The maximum Gasteiger partial charge on any atom is 3.00 e. The summed E-state index contributed by atoms with van der Waals surface area (Å²) in [6.45, 7) is 6.77. The van der Waals surface area contributed by atoms with E-state index in [4.69, 9.17) is 44.4 Å². The van der Waals surface area contributed by atoms with Crippen molar-refractivity contribution in [3.05, 3.63) is 77.9 Å². The minimum absolute atomic E-state index is 0. The minimum Gasteiger partial charge on any atom is -0.550 e. The zero-order valence-corrected chi connectivity index (χ0v) is 25.6. The van der Waals surface area contributed by atoms with E-state index >= 15 is 0 Å². The zero-order valence-electron chi connectivity index (χ0n) is 24.4. The van der Waals surface area contributed by atoms with E-state index in [-0.39, 0.29) is 28.6 Å². The molecule has 0 amide bonds. The number of aryl methyl sites for hydroxylation is 1. The van der Waals surface area contributed by atoms with Crippen molar-refractivity contribution in [2.24, 2.45) is 0 Å². The van der Waals surface area contributed by atoms with Crippen LogP contribution in [-0.2, 0) is 31.5 Å². The predicted molar refractivity (Wildman–Crippen MR) is 150 cm³/mol. The van der Waals surface area contributed by atoms with Gasteiger partial charge in [-0.2, -0.15) is 0 Å². The number of carbonyl (C=O) groups is 3. The van der Waals surface area contributed by atoms with Crippen LogP contribution in [0.25, 0.3) is 33.9 Å². The largest absolute Gasteiger partial charge is 3.00 e. The topological polar surface area (TPSA) is 196 Å². The van der Waals surface area contributed by atoms with Gasteiger partial charge < -0.3 is 44.7 Å². The summed E-state index contributed by atoms with van der Waals surface area (Å²) in [5.74, 6) is -2.25. The van der Waals surface area contributed by atoms with Crippen LogP contribution in [0.15, 0.2) is 66.7 Å². The van der Waals surface area contributed by atoms with Crippen LogP contribution in [0.3, 0.4) is 0 Å². The van der Waals surface area contributed by atoms with Gasteiger partial charge in [-0.1, -0.05) is 18.2 Å². The van der Waals surface area contributed by atoms with Crippen LogP contribution in [0.1, 0.15) is 31.9 Å². The summed E-state index contributed by atoms with van der Waals surface area (Å²) in [6.07, 6.45) is 0. The molecule has 0 unspecified atom stereocenters. The Bertz CT molecular complexity index is 1500. The van der Waals surface area contributed by atoms with Crippen LogP contribution in [0.4, 0.5) is 0 Å². The van der Waals surface area contributed by atoms with Gasteiger partial charge in [0.25, 0.3) is 0 Å². The van der Waals surface area contributed by atoms with Gasteiger partial charge in [-0.15, -0.1) is 0 Å². The molecule has 0 saturated carbocycles. The van der Waals surface area contributed by atoms with Crippen molar-refractivity contribution in [2.75, 3.05) is 7.11 Å². The second kappa shape index (κ2) is 18.5. The number of phenolic OH excluding ortho intramolecular Hbond substituents is 2. The van der Waals surface area contributed by atoms with Crippen molar-refractivity contribution in [2.45, 2.75) is 34.6 Å². The molecule has 0 aliphatic rings. The molecule has 4 rings (SSSR count). The molecule has 0 aliphatic carbocycles. The van der Waals surface area contributed by atoms with Gasteiger partial charge in [-0.05, 0) is 94.3 Å². The first-order valence-electron chi connectivity index (χ1n) is 12.3. The quantitative estimate of drug-likeness (QED) is 0.312. The number of methoxy groups -OCH3 is 1. The van der Waals surface area contributed by atoms with Gasteiger partial charge in [-0.3, -0.25) is 0 Å². The van der Waals surface area contributed by atoms with Crippen LogP contribution in [0, 0.1) is 13.8 Å². The van der Waals surface area contributed by atoms with Gasteiger partial charge in [0.15, 0.2) is 0 Å². The van der Waals surface area contributed by atoms with Crippen molar-refractivity contribution in [1.29, 1.82) is 0 Å². The fraction of sp³-hybridized carbons (Fsp3) is 0.194. The molecule has 2 heterocycles. The van der Waals surface area contributed by atoms with Crippen LogP contribution >= 0.6 is 0 Å². The Morgan fingerprint density at radius 3 is 1.53 bits per heavy atom. The standard InChI is InChI=1S/C25H22N2O3.3C2H4O2.Mn/c1-15-10-12-18(25(29)16(15)2)20-6-4-8-22(26-20)23-9-5-7-21(27-23)19-14-17(30-3)11-13-24(19)28;3*1-2(3)4;/h4-14,28-29H,1-3H3;3*1H3,(H,3,4);/q;;;;+3/p-3. The SMILES string of the molecule is CC(=O)[O-].CC(=O)[O-].CC(=O)[O-].COc1ccc(O)c(-c2cccc(-c3cccc(-c4ccc(C)c(C)c4O)n3)n2)c1.[Mn+3]. The van der Waals surface area contributed by atoms with Gasteiger partial charge >= 0.3 is 17.1 Å². The summed E-state index contributed by atoms with van der Waals surface area (Å²) in [5, 5.41) is 47.5. The molecule has 0 bridgehead atoms. The van der Waals surface area contributed by atoms with Crippen LogP contribution in [0.2, 0.25) is 0 Å². The summed E-state index contributed by atoms with van der Waals surface area (Å²) in [6, 6.07) is 20.1. The van der Waals surface area contributed by atoms with Crippen molar-refractivity contribution in [1.82, 2.24) is 9.97 Å². The maximum absolute atomic E-state index is 10.6. The number of carbonyl (C=O) groups excluding carboxylic acids is 3. The number of aliphatic carboxylic acids is 3. The number of benzene rings is 2. The van der Waals surface area contributed by atoms with Crippen LogP contribution < -0.4 is 20.1 Å². The average molecular weight is 631 g/mol. The normalized spacial score (nSPS) is 9.26. The Morgan fingerprint density at radius 2 is 1.09 bits per heavy atom. The third kappa shape index (κ3) is 13.1. The van der Waals surface area contributed by atoms with E-state index in [1.807, 2.05) is 62.4 Å². The second-order valence-corrected chi connectivity index (χ2v) is 8.58. The Hall–Kier alpha value is -4.93. The fourth-order valence-electron chi connectivity index (χ4n) is 3.31. The van der Waals surface area contributed by atoms with Crippen LogP contribution in [-0.4, -0.2) is 45.2 Å². The molecule has 11 nitrogen and oxygen atoms in total. The molecule has 12 heteroatoms. The van der Waals surface area contributed by atoms with Gasteiger partial charge in [0.2, 0.25) is 0 Å². The van der Waals surface area contributed by atoms with Crippen molar-refractivity contribution in [3.63, 3.8) is 0 Å². The number of pyridine rings is 2. The molecule has 2 aromatic carbocycles. The van der Waals surface area contributed by atoms with Crippen molar-refractivity contribution < 1.29 is 61.7 Å². The van der Waals surface area contributed by atoms with Crippen molar-refractivity contribution >= 4 is 17.9 Å². The molecule has 0 aliphatic heterocycles. The molecule has 226 valence electrons. The number of aromatic hydroxyl groups is 2. The fourth-order valence-corrected chi connectivity index (χ4v) is 3.31. The molecular weight excluding hydrogens is 599 g/mol. The third-order valence-corrected chi connectivity index (χ3v) is 5.22. The summed E-state index contributed by atoms with van der Waals surface area (Å²) >= 11 is 0. The molecule has 43 heavy (non-hydrogen) atoms. The van der Waals surface area contributed by atoms with E-state index in [0.29, 0.717) is 39.7 Å². The van der Waals surface area contributed by atoms with E-state index in [1.54, 1.807) is 25.3 Å². The Morgan fingerprint density at radius 1 is 0.674 bits per heavy atom. The number of phenols is 2. The van der Waals surface area contributed by atoms with Gasteiger partial charge in [0, 0.05) is 29.0 Å². The second-order valence-electron chi connectivity index (χ2n) is 8.58. The van der Waals surface area contributed by atoms with E-state index in [9.17, 15) is 10.2 Å². The summed E-state index contributed by atoms with van der Waals surface area (Å²) < 4.78 is 5.27. The number of nitrogens with zero attached hydrogens (tertiary/aromatic N) is 2. The number of hydrogen-bond acceptors (Lipinski definition) is 11. The van der Waals surface area contributed by atoms with Gasteiger partial charge in [0.05, 0.1) is 29.9 Å². The van der Waals surface area contributed by atoms with E-state index in [0.717, 1.165) is 31.9 Å². The number of carboxylic acids is 3. The van der Waals surface area contributed by atoms with Crippen LogP contribution in [0.5, 0.6) is 17.2 Å². The van der Waals surface area contributed by atoms with E-state index in [2.05, 4.69) is 0 Å². The maximum atomic E-state index is 10.6. The Labute approximate surface area is 260 Å². The number of aromatic nitrogens is 2. The molecule has 2 N–H and O–H groups in total. The number of ether oxygens (including phenoxy) is 1. The Kier molecular flexibility index (Phi) is 16.4. The van der Waals surface area contributed by atoms with E-state index in [1.165, 1.54) is 0 Å². The molecule has 4 aromatic rings. The first-order chi connectivity index (χ1) is 19.7. The monoisotopic (exact) mass is 630 g/mol. The third-order valence-electron chi connectivity index (χ3n) is 5.22. The summed E-state index contributed by atoms with van der Waals surface area (Å²) in [7, 11) is 1.58. The minimum atomic E-state index is -1.08. The summed E-state index contributed by atoms with van der Waals surface area (Å²) in [4.78, 5) is 36.1. The summed E-state index contributed by atoms with van der Waals surface area (Å²) in [5.41, 5.74) is 5.76. The van der Waals surface area contributed by atoms with E-state index < -0.39 is 17.9 Å². The van der Waals surface area contributed by atoms with Gasteiger partial charge in [0.1, 0.15) is 17.2 Å². The molecule has 0 fully saturated rings. The molecular formula is C31H31MnN2O9. The van der Waals surface area contributed by atoms with Crippen molar-refractivity contribution in [3.8, 4) is 51.2 Å². The molecule has 0 atom stereocenters. The average Bonchev–Trinajstić information content (AvgIpc) is 2.91. The number of hydrogen-bond donors (Lipinski definition) is 2. The molecule has 0 saturated heterocycles. The smallest absolute Gasteiger partial charge is 0.550 e. The molecule has 2 aromatic heterocycles.